The normalized spacial score (nSPS) is 12.2. The number of carbonyl (C=O) groups is 1. The molecule has 2 aromatic carbocycles. The van der Waals surface area contributed by atoms with Gasteiger partial charge in [-0.2, -0.15) is 0 Å². The fourth-order valence-electron chi connectivity index (χ4n) is 2.44. The van der Waals surface area contributed by atoms with Gasteiger partial charge < -0.3 is 14.8 Å². The van der Waals surface area contributed by atoms with Gasteiger partial charge in [0.05, 0.1) is 18.0 Å². The Labute approximate surface area is 166 Å². The molecule has 0 unspecified atom stereocenters. The van der Waals surface area contributed by atoms with Crippen LogP contribution in [0.5, 0.6) is 11.5 Å². The number of carbonyl (C=O) groups excluding carboxylic acids is 1. The molecule has 0 aliphatic carbocycles. The molecule has 0 aromatic heterocycles. The number of hydrogen-bond acceptors (Lipinski definition) is 5. The average Bonchev–Trinajstić information content (AvgIpc) is 2.71. The molecule has 0 aliphatic rings. The standard InChI is InChI=1S/C20H26N2O5S/c1-4-13-21-28(24,25)19-11-9-18(10-12-19)27-14-20(23)22-15(2)16-5-7-17(26-3)8-6-16/h5-12,15,21H,4,13-14H2,1-3H3,(H,22,23)/t15-/m0/s1. The summed E-state index contributed by atoms with van der Waals surface area (Å²) in [4.78, 5) is 12.3. The molecule has 2 N–H and O–H groups in total. The molecule has 0 bridgehead atoms. The highest BCUT2D eigenvalue weighted by molar-refractivity contribution is 7.89. The SMILES string of the molecule is CCCNS(=O)(=O)c1ccc(OCC(=O)N[C@@H](C)c2ccc(OC)cc2)cc1. The van der Waals surface area contributed by atoms with Crippen molar-refractivity contribution in [3.05, 3.63) is 54.1 Å². The lowest BCUT2D eigenvalue weighted by molar-refractivity contribution is -0.123. The number of sulfonamides is 1. The summed E-state index contributed by atoms with van der Waals surface area (Å²) in [7, 11) is -1.92. The minimum Gasteiger partial charge on any atom is -0.497 e. The molecule has 0 saturated heterocycles. The van der Waals surface area contributed by atoms with E-state index in [0.29, 0.717) is 18.7 Å². The number of rotatable bonds is 10. The summed E-state index contributed by atoms with van der Waals surface area (Å²) in [6.07, 6.45) is 0.713. The average molecular weight is 407 g/mol. The smallest absolute Gasteiger partial charge is 0.258 e. The van der Waals surface area contributed by atoms with Gasteiger partial charge in [-0.25, -0.2) is 13.1 Å². The van der Waals surface area contributed by atoms with Crippen molar-refractivity contribution >= 4 is 15.9 Å². The van der Waals surface area contributed by atoms with Crippen molar-refractivity contribution in [2.24, 2.45) is 0 Å². The fourth-order valence-corrected chi connectivity index (χ4v) is 3.58. The van der Waals surface area contributed by atoms with E-state index in [9.17, 15) is 13.2 Å². The highest BCUT2D eigenvalue weighted by Gasteiger charge is 2.14. The van der Waals surface area contributed by atoms with Crippen molar-refractivity contribution in [2.75, 3.05) is 20.3 Å². The van der Waals surface area contributed by atoms with E-state index >= 15 is 0 Å². The molecule has 8 heteroatoms. The Kier molecular flexibility index (Phi) is 7.83. The molecule has 0 fully saturated rings. The number of methoxy groups -OCH3 is 1. The van der Waals surface area contributed by atoms with Crippen LogP contribution in [0.4, 0.5) is 0 Å². The molecule has 0 aliphatic heterocycles. The topological polar surface area (TPSA) is 93.7 Å². The van der Waals surface area contributed by atoms with Crippen LogP contribution in [0, 0.1) is 0 Å². The monoisotopic (exact) mass is 406 g/mol. The van der Waals surface area contributed by atoms with E-state index < -0.39 is 10.0 Å². The summed E-state index contributed by atoms with van der Waals surface area (Å²) < 4.78 is 37.1. The van der Waals surface area contributed by atoms with Crippen LogP contribution < -0.4 is 19.5 Å². The van der Waals surface area contributed by atoms with E-state index in [2.05, 4.69) is 10.0 Å². The number of ether oxygens (including phenoxy) is 2. The second-order valence-corrected chi connectivity index (χ2v) is 7.99. The molecule has 2 rings (SSSR count). The van der Waals surface area contributed by atoms with Crippen LogP contribution in [0.15, 0.2) is 53.4 Å². The van der Waals surface area contributed by atoms with Crippen LogP contribution in [0.2, 0.25) is 0 Å². The van der Waals surface area contributed by atoms with Crippen LogP contribution in [-0.4, -0.2) is 34.6 Å². The van der Waals surface area contributed by atoms with Gasteiger partial charge in [-0.3, -0.25) is 4.79 Å². The lowest BCUT2D eigenvalue weighted by Crippen LogP contribution is -2.31. The Morgan fingerprint density at radius 3 is 2.21 bits per heavy atom. The van der Waals surface area contributed by atoms with Crippen LogP contribution in [-0.2, 0) is 14.8 Å². The molecule has 0 heterocycles. The molecule has 152 valence electrons. The Hall–Kier alpha value is -2.58. The summed E-state index contributed by atoms with van der Waals surface area (Å²) >= 11 is 0. The second kappa shape index (κ2) is 10.1. The van der Waals surface area contributed by atoms with Crippen LogP contribution >= 0.6 is 0 Å². The largest absolute Gasteiger partial charge is 0.497 e. The summed E-state index contributed by atoms with van der Waals surface area (Å²) in [5.41, 5.74) is 0.947. The van der Waals surface area contributed by atoms with E-state index in [-0.39, 0.29) is 23.5 Å². The predicted molar refractivity (Wildman–Crippen MR) is 107 cm³/mol. The third kappa shape index (κ3) is 6.24. The first-order chi connectivity index (χ1) is 13.4. The minimum atomic E-state index is -3.52. The Balaban J connectivity index is 1.86. The highest BCUT2D eigenvalue weighted by atomic mass is 32.2. The maximum atomic E-state index is 12.1. The maximum Gasteiger partial charge on any atom is 0.258 e. The Morgan fingerprint density at radius 2 is 1.64 bits per heavy atom. The van der Waals surface area contributed by atoms with Gasteiger partial charge in [0.2, 0.25) is 10.0 Å². The molecule has 1 amide bonds. The first kappa shape index (κ1) is 21.7. The van der Waals surface area contributed by atoms with Gasteiger partial charge in [-0.15, -0.1) is 0 Å². The van der Waals surface area contributed by atoms with Crippen molar-refractivity contribution in [1.29, 1.82) is 0 Å². The first-order valence-corrected chi connectivity index (χ1v) is 10.5. The molecule has 0 spiro atoms. The van der Waals surface area contributed by atoms with Crippen molar-refractivity contribution in [3.8, 4) is 11.5 Å². The third-order valence-electron chi connectivity index (χ3n) is 4.04. The summed E-state index contributed by atoms with van der Waals surface area (Å²) in [6, 6.07) is 13.2. The highest BCUT2D eigenvalue weighted by Crippen LogP contribution is 2.18. The predicted octanol–water partition coefficient (Wildman–Crippen LogP) is 2.64. The molecule has 1 atom stereocenters. The number of benzene rings is 2. The Bertz CT molecular complexity index is 864. The molecule has 0 saturated carbocycles. The third-order valence-corrected chi connectivity index (χ3v) is 5.52. The minimum absolute atomic E-state index is 0.158. The van der Waals surface area contributed by atoms with Crippen LogP contribution in [0.25, 0.3) is 0 Å². The van der Waals surface area contributed by atoms with Gasteiger partial charge in [0.15, 0.2) is 6.61 Å². The van der Waals surface area contributed by atoms with Gasteiger partial charge in [0.25, 0.3) is 5.91 Å². The van der Waals surface area contributed by atoms with E-state index in [1.54, 1.807) is 7.11 Å². The van der Waals surface area contributed by atoms with Crippen molar-refractivity contribution in [2.45, 2.75) is 31.2 Å². The molecule has 7 nitrogen and oxygen atoms in total. The van der Waals surface area contributed by atoms with E-state index in [4.69, 9.17) is 9.47 Å². The van der Waals surface area contributed by atoms with Gasteiger partial charge >= 0.3 is 0 Å². The summed E-state index contributed by atoms with van der Waals surface area (Å²) in [6.45, 7) is 3.98. The van der Waals surface area contributed by atoms with E-state index in [1.807, 2.05) is 38.1 Å². The van der Waals surface area contributed by atoms with Gasteiger partial charge in [0, 0.05) is 6.54 Å². The van der Waals surface area contributed by atoms with Crippen molar-refractivity contribution in [3.63, 3.8) is 0 Å². The van der Waals surface area contributed by atoms with E-state index in [0.717, 1.165) is 11.3 Å². The van der Waals surface area contributed by atoms with Crippen LogP contribution in [0.1, 0.15) is 31.9 Å². The van der Waals surface area contributed by atoms with E-state index in [1.165, 1.54) is 24.3 Å². The molecule has 28 heavy (non-hydrogen) atoms. The van der Waals surface area contributed by atoms with Crippen LogP contribution in [0.3, 0.4) is 0 Å². The molecule has 2 aromatic rings. The zero-order valence-corrected chi connectivity index (χ0v) is 17.1. The molecular formula is C20H26N2O5S. The summed E-state index contributed by atoms with van der Waals surface area (Å²) in [5, 5.41) is 2.85. The molecule has 0 radical (unpaired) electrons. The summed E-state index contributed by atoms with van der Waals surface area (Å²) in [5.74, 6) is 0.896. The number of hydrogen-bond donors (Lipinski definition) is 2. The van der Waals surface area contributed by atoms with Gasteiger partial charge in [0.1, 0.15) is 11.5 Å². The fraction of sp³-hybridized carbons (Fsp3) is 0.350. The second-order valence-electron chi connectivity index (χ2n) is 6.22. The zero-order chi connectivity index (χ0) is 20.6. The zero-order valence-electron chi connectivity index (χ0n) is 16.3. The van der Waals surface area contributed by atoms with Crippen molar-refractivity contribution < 1.29 is 22.7 Å². The maximum absolute atomic E-state index is 12.1. The van der Waals surface area contributed by atoms with Crippen molar-refractivity contribution in [1.82, 2.24) is 10.0 Å². The number of amides is 1. The molecular weight excluding hydrogens is 380 g/mol. The lowest BCUT2D eigenvalue weighted by atomic mass is 10.1. The lowest BCUT2D eigenvalue weighted by Gasteiger charge is -2.15. The Morgan fingerprint density at radius 1 is 1.04 bits per heavy atom. The first-order valence-electron chi connectivity index (χ1n) is 9.01. The number of nitrogens with one attached hydrogen (secondary N) is 2. The van der Waals surface area contributed by atoms with Gasteiger partial charge in [-0.1, -0.05) is 19.1 Å². The quantitative estimate of drug-likeness (QED) is 0.633. The van der Waals surface area contributed by atoms with Gasteiger partial charge in [-0.05, 0) is 55.3 Å².